The molecule has 0 radical (unpaired) electrons. The summed E-state index contributed by atoms with van der Waals surface area (Å²) >= 11 is 0. The van der Waals surface area contributed by atoms with E-state index < -0.39 is 6.29 Å². The van der Waals surface area contributed by atoms with E-state index in [4.69, 9.17) is 14.2 Å². The molecule has 0 aromatic heterocycles. The van der Waals surface area contributed by atoms with Crippen LogP contribution in [0.3, 0.4) is 0 Å². The highest BCUT2D eigenvalue weighted by Crippen LogP contribution is 2.46. The van der Waals surface area contributed by atoms with E-state index in [2.05, 4.69) is 37.8 Å². The van der Waals surface area contributed by atoms with Crippen molar-refractivity contribution < 1.29 is 19.3 Å². The normalized spacial score (nSPS) is 39.4. The highest BCUT2D eigenvalue weighted by atomic mass is 16.7. The van der Waals surface area contributed by atoms with Gasteiger partial charge in [-0.25, -0.2) is 0 Å². The van der Waals surface area contributed by atoms with Gasteiger partial charge in [0, 0.05) is 19.4 Å². The largest absolute Gasteiger partial charge is 0.368 e. The molecular formula is C22H34O4. The molecule has 2 saturated heterocycles. The maximum atomic E-state index is 9.82. The summed E-state index contributed by atoms with van der Waals surface area (Å²) in [6.07, 6.45) is 10.8. The van der Waals surface area contributed by atoms with Crippen molar-refractivity contribution in [2.75, 3.05) is 6.61 Å². The number of hydrogen-bond acceptors (Lipinski definition) is 4. The number of hydrogen-bond donors (Lipinski definition) is 1. The number of rotatable bonds is 6. The van der Waals surface area contributed by atoms with Gasteiger partial charge in [0.1, 0.15) is 0 Å². The number of ether oxygens (including phenoxy) is 3. The first kappa shape index (κ1) is 19.9. The lowest BCUT2D eigenvalue weighted by molar-refractivity contribution is -0.207. The van der Waals surface area contributed by atoms with Crippen LogP contribution < -0.4 is 0 Å². The fourth-order valence-corrected chi connectivity index (χ4v) is 4.69. The van der Waals surface area contributed by atoms with E-state index >= 15 is 0 Å². The second-order valence-electron chi connectivity index (χ2n) is 8.33. The Bertz CT molecular complexity index is 542. The van der Waals surface area contributed by atoms with Crippen molar-refractivity contribution in [1.82, 2.24) is 0 Å². The predicted molar refractivity (Wildman–Crippen MR) is 101 cm³/mol. The zero-order chi connectivity index (χ0) is 18.6. The van der Waals surface area contributed by atoms with Crippen molar-refractivity contribution in [3.63, 3.8) is 0 Å². The second kappa shape index (κ2) is 8.89. The highest BCUT2D eigenvalue weighted by Gasteiger charge is 2.46. The van der Waals surface area contributed by atoms with Crippen molar-refractivity contribution in [1.29, 1.82) is 0 Å². The third-order valence-corrected chi connectivity index (χ3v) is 6.17. The minimum absolute atomic E-state index is 0.113. The standard InChI is InChI=1S/C22H34O4/c1-4-5-7-11-22(3,26-21-9-6-8-13-24-21)12-10-17-16(2)14-19-18(17)15-20(23)25-19/h10,12,16-21,23H,6-9,11,13-15H2,1-3H3/t16-,17+,18-,19+,20?,21?,22?/m1/s1. The summed E-state index contributed by atoms with van der Waals surface area (Å²) in [6.45, 7) is 7.10. The summed E-state index contributed by atoms with van der Waals surface area (Å²) in [5, 5.41) is 9.82. The topological polar surface area (TPSA) is 47.9 Å². The third-order valence-electron chi connectivity index (χ3n) is 6.17. The van der Waals surface area contributed by atoms with Crippen molar-refractivity contribution >= 4 is 0 Å². The van der Waals surface area contributed by atoms with E-state index in [1.807, 2.05) is 6.92 Å². The molecule has 3 aliphatic rings. The van der Waals surface area contributed by atoms with Crippen molar-refractivity contribution in [3.05, 3.63) is 12.2 Å². The van der Waals surface area contributed by atoms with Crippen LogP contribution in [0.15, 0.2) is 12.2 Å². The molecule has 2 aliphatic heterocycles. The molecule has 1 aliphatic carbocycles. The zero-order valence-electron chi connectivity index (χ0n) is 16.4. The molecule has 0 spiro atoms. The van der Waals surface area contributed by atoms with Gasteiger partial charge < -0.3 is 19.3 Å². The minimum Gasteiger partial charge on any atom is -0.368 e. The summed E-state index contributed by atoms with van der Waals surface area (Å²) in [6, 6.07) is 0. The average molecular weight is 363 g/mol. The maximum absolute atomic E-state index is 9.82. The van der Waals surface area contributed by atoms with E-state index in [9.17, 15) is 5.11 Å². The Morgan fingerprint density at radius 1 is 1.31 bits per heavy atom. The van der Waals surface area contributed by atoms with Crippen LogP contribution in [0.2, 0.25) is 0 Å². The monoisotopic (exact) mass is 362 g/mol. The lowest BCUT2D eigenvalue weighted by Gasteiger charge is -2.34. The van der Waals surface area contributed by atoms with Crippen molar-refractivity contribution in [3.8, 4) is 11.8 Å². The summed E-state index contributed by atoms with van der Waals surface area (Å²) in [5.74, 6) is 7.56. The smallest absolute Gasteiger partial charge is 0.158 e. The van der Waals surface area contributed by atoms with Gasteiger partial charge >= 0.3 is 0 Å². The van der Waals surface area contributed by atoms with Gasteiger partial charge in [-0.15, -0.1) is 11.8 Å². The van der Waals surface area contributed by atoms with Crippen LogP contribution in [0, 0.1) is 29.6 Å². The van der Waals surface area contributed by atoms with Gasteiger partial charge in [0.25, 0.3) is 0 Å². The lowest BCUT2D eigenvalue weighted by atomic mass is 9.86. The van der Waals surface area contributed by atoms with Crippen LogP contribution in [-0.4, -0.2) is 36.0 Å². The summed E-state index contributed by atoms with van der Waals surface area (Å²) in [7, 11) is 0. The number of aliphatic hydroxyl groups excluding tert-OH is 1. The molecule has 3 fully saturated rings. The van der Waals surface area contributed by atoms with E-state index in [1.54, 1.807) is 0 Å². The molecule has 2 heterocycles. The number of allylic oxidation sites excluding steroid dienone is 1. The Kier molecular flexibility index (Phi) is 6.80. The molecule has 3 rings (SSSR count). The molecule has 1 saturated carbocycles. The van der Waals surface area contributed by atoms with Gasteiger partial charge in [0.15, 0.2) is 12.6 Å². The molecule has 1 N–H and O–H groups in total. The Morgan fingerprint density at radius 2 is 2.15 bits per heavy atom. The summed E-state index contributed by atoms with van der Waals surface area (Å²) < 4.78 is 17.9. The van der Waals surface area contributed by atoms with Crippen molar-refractivity contribution in [2.45, 2.75) is 90.0 Å². The SMILES string of the molecule is CC#CCCC(C)(C=C[C@@H]1[C@H]2CC(O)O[C@H]2C[C@H]1C)OC1CCCCO1. The van der Waals surface area contributed by atoms with E-state index in [-0.39, 0.29) is 18.0 Å². The number of aliphatic hydroxyl groups is 1. The first-order valence-corrected chi connectivity index (χ1v) is 10.2. The van der Waals surface area contributed by atoms with Crippen LogP contribution in [-0.2, 0) is 14.2 Å². The minimum atomic E-state index is -0.591. The predicted octanol–water partition coefficient (Wildman–Crippen LogP) is 4.03. The molecule has 0 amide bonds. The fraction of sp³-hybridized carbons (Fsp3) is 0.818. The van der Waals surface area contributed by atoms with E-state index in [0.717, 1.165) is 51.6 Å². The van der Waals surface area contributed by atoms with E-state index in [1.165, 1.54) is 0 Å². The molecule has 4 nitrogen and oxygen atoms in total. The quantitative estimate of drug-likeness (QED) is 0.572. The molecule has 26 heavy (non-hydrogen) atoms. The van der Waals surface area contributed by atoms with Crippen LogP contribution in [0.4, 0.5) is 0 Å². The Balaban J connectivity index is 1.68. The van der Waals surface area contributed by atoms with Crippen LogP contribution in [0.1, 0.15) is 65.7 Å². The molecule has 4 heteroatoms. The van der Waals surface area contributed by atoms with Gasteiger partial charge in [-0.1, -0.05) is 19.1 Å². The molecule has 0 bridgehead atoms. The molecule has 146 valence electrons. The van der Waals surface area contributed by atoms with Gasteiger partial charge in [0.2, 0.25) is 0 Å². The van der Waals surface area contributed by atoms with Gasteiger partial charge in [0.05, 0.1) is 11.7 Å². The Labute approximate surface area is 158 Å². The van der Waals surface area contributed by atoms with E-state index in [0.29, 0.717) is 17.8 Å². The molecule has 0 aromatic rings. The third kappa shape index (κ3) is 4.89. The fourth-order valence-electron chi connectivity index (χ4n) is 4.69. The molecule has 3 unspecified atom stereocenters. The Hall–Kier alpha value is -0.860. The first-order valence-electron chi connectivity index (χ1n) is 10.2. The van der Waals surface area contributed by atoms with Crippen molar-refractivity contribution in [2.24, 2.45) is 17.8 Å². The van der Waals surface area contributed by atoms with Crippen LogP contribution in [0.5, 0.6) is 0 Å². The highest BCUT2D eigenvalue weighted by molar-refractivity contribution is 5.10. The van der Waals surface area contributed by atoms with Crippen LogP contribution >= 0.6 is 0 Å². The van der Waals surface area contributed by atoms with Gasteiger partial charge in [-0.05, 0) is 63.7 Å². The molecule has 7 atom stereocenters. The average Bonchev–Trinajstić information content (AvgIpc) is 3.09. The molecule has 0 aromatic carbocycles. The van der Waals surface area contributed by atoms with Gasteiger partial charge in [-0.3, -0.25) is 0 Å². The zero-order valence-corrected chi connectivity index (χ0v) is 16.4. The lowest BCUT2D eigenvalue weighted by Crippen LogP contribution is -2.35. The van der Waals surface area contributed by atoms with Gasteiger partial charge in [-0.2, -0.15) is 0 Å². The summed E-state index contributed by atoms with van der Waals surface area (Å²) in [4.78, 5) is 0. The maximum Gasteiger partial charge on any atom is 0.158 e. The van der Waals surface area contributed by atoms with Crippen LogP contribution in [0.25, 0.3) is 0 Å². The number of fused-ring (bicyclic) bond motifs is 1. The molecular weight excluding hydrogens is 328 g/mol. The summed E-state index contributed by atoms with van der Waals surface area (Å²) in [5.41, 5.74) is -0.373. The Morgan fingerprint density at radius 3 is 2.88 bits per heavy atom. The second-order valence-corrected chi connectivity index (χ2v) is 8.33. The first-order chi connectivity index (χ1) is 12.5.